The Kier molecular flexibility index (Phi) is 7.00. The van der Waals surface area contributed by atoms with E-state index < -0.39 is 11.6 Å². The third-order valence-corrected chi connectivity index (χ3v) is 7.03. The molecule has 0 radical (unpaired) electrons. The molecule has 2 aliphatic heterocycles. The van der Waals surface area contributed by atoms with E-state index >= 15 is 4.39 Å². The molecule has 8 nitrogen and oxygen atoms in total. The van der Waals surface area contributed by atoms with Gasteiger partial charge in [0.05, 0.1) is 42.2 Å². The van der Waals surface area contributed by atoms with E-state index in [1.165, 1.54) is 19.5 Å². The van der Waals surface area contributed by atoms with Crippen molar-refractivity contribution < 1.29 is 23.0 Å². The molecule has 1 N–H and O–H groups in total. The molecule has 2 aliphatic rings. The number of anilines is 2. The van der Waals surface area contributed by atoms with Crippen molar-refractivity contribution in [2.45, 2.75) is 0 Å². The second-order valence-electron chi connectivity index (χ2n) is 9.47. The van der Waals surface area contributed by atoms with Crippen molar-refractivity contribution in [3.8, 4) is 16.9 Å². The number of hydrogen-bond donors (Lipinski definition) is 1. The van der Waals surface area contributed by atoms with Crippen LogP contribution in [-0.2, 0) is 4.74 Å². The van der Waals surface area contributed by atoms with Gasteiger partial charge < -0.3 is 14.4 Å². The number of hydrazine groups is 1. The number of para-hydroxylation sites is 3. The van der Waals surface area contributed by atoms with Crippen molar-refractivity contribution in [3.63, 3.8) is 0 Å². The highest BCUT2D eigenvalue weighted by molar-refractivity contribution is 6.10. The number of aliphatic imine (C=N–C) groups is 1. The number of hydrogen-bond acceptors (Lipinski definition) is 7. The molecular formula is C30H27F2N5O3. The smallest absolute Gasteiger partial charge is 0.273 e. The number of fused-ring (bicyclic) bond motifs is 2. The van der Waals surface area contributed by atoms with Crippen LogP contribution in [0.1, 0.15) is 15.9 Å². The van der Waals surface area contributed by atoms with Crippen LogP contribution >= 0.6 is 0 Å². The largest absolute Gasteiger partial charge is 0.489 e. The Morgan fingerprint density at radius 3 is 2.67 bits per heavy atom. The summed E-state index contributed by atoms with van der Waals surface area (Å²) >= 11 is 0. The monoisotopic (exact) mass is 543 g/mol. The number of morpholine rings is 1. The zero-order valence-electron chi connectivity index (χ0n) is 21.9. The molecule has 1 fully saturated rings. The third-order valence-electron chi connectivity index (χ3n) is 7.03. The van der Waals surface area contributed by atoms with E-state index in [1.54, 1.807) is 17.1 Å². The normalized spacial score (nSPS) is 15.3. The molecule has 204 valence electrons. The summed E-state index contributed by atoms with van der Waals surface area (Å²) in [5.41, 5.74) is 5.81. The summed E-state index contributed by atoms with van der Waals surface area (Å²) in [7, 11) is 1.50. The summed E-state index contributed by atoms with van der Waals surface area (Å²) < 4.78 is 41.3. The molecule has 40 heavy (non-hydrogen) atoms. The van der Waals surface area contributed by atoms with Crippen LogP contribution in [0.25, 0.3) is 22.0 Å². The predicted molar refractivity (Wildman–Crippen MR) is 150 cm³/mol. The zero-order chi connectivity index (χ0) is 27.6. The Morgan fingerprint density at radius 2 is 1.85 bits per heavy atom. The molecule has 1 aromatic heterocycles. The maximum Gasteiger partial charge on any atom is 0.273 e. The molecule has 1 amide bonds. The van der Waals surface area contributed by atoms with Crippen molar-refractivity contribution >= 4 is 34.4 Å². The van der Waals surface area contributed by atoms with Crippen LogP contribution in [0.3, 0.4) is 0 Å². The Morgan fingerprint density at radius 1 is 1.02 bits per heavy atom. The fraction of sp³-hybridized carbons (Fsp3) is 0.233. The van der Waals surface area contributed by atoms with Crippen molar-refractivity contribution in [3.05, 3.63) is 83.6 Å². The highest BCUT2D eigenvalue weighted by Gasteiger charge is 2.27. The minimum Gasteiger partial charge on any atom is -0.489 e. The molecule has 0 spiro atoms. The van der Waals surface area contributed by atoms with Crippen LogP contribution < -0.4 is 20.1 Å². The van der Waals surface area contributed by atoms with Crippen LogP contribution in [0.4, 0.5) is 20.2 Å². The van der Waals surface area contributed by atoms with E-state index in [0.29, 0.717) is 72.9 Å². The van der Waals surface area contributed by atoms with Gasteiger partial charge in [-0.2, -0.15) is 0 Å². The first kappa shape index (κ1) is 25.7. The molecule has 4 aromatic rings. The van der Waals surface area contributed by atoms with E-state index in [1.807, 2.05) is 30.3 Å². The summed E-state index contributed by atoms with van der Waals surface area (Å²) in [6.45, 7) is 3.03. The van der Waals surface area contributed by atoms with Gasteiger partial charge in [-0.15, -0.1) is 0 Å². The molecular weight excluding hydrogens is 516 g/mol. The molecule has 0 atom stereocenters. The van der Waals surface area contributed by atoms with Gasteiger partial charge in [0.25, 0.3) is 5.91 Å². The van der Waals surface area contributed by atoms with Crippen LogP contribution in [0.5, 0.6) is 5.75 Å². The zero-order valence-corrected chi connectivity index (χ0v) is 21.9. The van der Waals surface area contributed by atoms with Crippen molar-refractivity contribution in [2.24, 2.45) is 4.99 Å². The van der Waals surface area contributed by atoms with Gasteiger partial charge in [0.15, 0.2) is 0 Å². The number of ether oxygens (including phenoxy) is 2. The summed E-state index contributed by atoms with van der Waals surface area (Å²) in [4.78, 5) is 24.3. The Hall–Kier alpha value is -4.57. The molecule has 0 bridgehead atoms. The van der Waals surface area contributed by atoms with E-state index in [2.05, 4.69) is 20.3 Å². The van der Waals surface area contributed by atoms with E-state index in [4.69, 9.17) is 9.47 Å². The van der Waals surface area contributed by atoms with E-state index in [0.717, 1.165) is 17.8 Å². The van der Waals surface area contributed by atoms with Crippen molar-refractivity contribution in [1.82, 2.24) is 10.4 Å². The van der Waals surface area contributed by atoms with Gasteiger partial charge >= 0.3 is 0 Å². The SMILES string of the molecule is C/N=C\c1cc(F)cc(-c2cccc3c(N4CCOCC4)c(C(=O)NN4CCOc5ccccc54)cnc23)c1F. The first-order chi connectivity index (χ1) is 19.5. The maximum atomic E-state index is 15.5. The first-order valence-corrected chi connectivity index (χ1v) is 13.0. The second-order valence-corrected chi connectivity index (χ2v) is 9.47. The molecule has 0 unspecified atom stereocenters. The maximum absolute atomic E-state index is 15.5. The van der Waals surface area contributed by atoms with E-state index in [-0.39, 0.29) is 17.0 Å². The van der Waals surface area contributed by atoms with Crippen molar-refractivity contribution in [2.75, 3.05) is 56.4 Å². The molecule has 3 heterocycles. The molecule has 10 heteroatoms. The number of carbonyl (C=O) groups is 1. The second kappa shape index (κ2) is 10.9. The molecule has 3 aromatic carbocycles. The fourth-order valence-electron chi connectivity index (χ4n) is 5.23. The minimum absolute atomic E-state index is 0.0460. The Bertz CT molecular complexity index is 1620. The lowest BCUT2D eigenvalue weighted by atomic mass is 9.97. The van der Waals surface area contributed by atoms with E-state index in [9.17, 15) is 9.18 Å². The van der Waals surface area contributed by atoms with Crippen LogP contribution in [0.2, 0.25) is 0 Å². The fourth-order valence-corrected chi connectivity index (χ4v) is 5.23. The summed E-state index contributed by atoms with van der Waals surface area (Å²) in [5.74, 6) is -0.828. The number of amides is 1. The topological polar surface area (TPSA) is 79.3 Å². The average Bonchev–Trinajstić information content (AvgIpc) is 2.98. The molecule has 0 aliphatic carbocycles. The third kappa shape index (κ3) is 4.71. The van der Waals surface area contributed by atoms with Gasteiger partial charge in [0.2, 0.25) is 0 Å². The number of pyridine rings is 1. The van der Waals surface area contributed by atoms with Gasteiger partial charge in [-0.05, 0) is 24.3 Å². The number of aromatic nitrogens is 1. The Balaban J connectivity index is 1.47. The number of nitrogens with one attached hydrogen (secondary N) is 1. The first-order valence-electron chi connectivity index (χ1n) is 13.0. The summed E-state index contributed by atoms with van der Waals surface area (Å²) in [5, 5.41) is 2.42. The predicted octanol–water partition coefficient (Wildman–Crippen LogP) is 4.61. The highest BCUT2D eigenvalue weighted by atomic mass is 19.1. The Labute approximate surface area is 229 Å². The number of nitrogens with zero attached hydrogens (tertiary/aromatic N) is 4. The lowest BCUT2D eigenvalue weighted by Crippen LogP contribution is -2.47. The number of benzene rings is 3. The quantitative estimate of drug-likeness (QED) is 0.371. The van der Waals surface area contributed by atoms with Crippen LogP contribution in [0.15, 0.2) is 65.8 Å². The van der Waals surface area contributed by atoms with Crippen LogP contribution in [0, 0.1) is 11.6 Å². The molecule has 6 rings (SSSR count). The van der Waals surface area contributed by atoms with Gasteiger partial charge in [0, 0.05) is 54.6 Å². The van der Waals surface area contributed by atoms with Gasteiger partial charge in [0.1, 0.15) is 24.0 Å². The lowest BCUT2D eigenvalue weighted by Gasteiger charge is -2.33. The van der Waals surface area contributed by atoms with Gasteiger partial charge in [-0.1, -0.05) is 30.3 Å². The molecule has 1 saturated heterocycles. The number of carbonyl (C=O) groups excluding carboxylic acids is 1. The minimum atomic E-state index is -0.595. The summed E-state index contributed by atoms with van der Waals surface area (Å²) in [6, 6.07) is 15.1. The van der Waals surface area contributed by atoms with Crippen molar-refractivity contribution in [1.29, 1.82) is 0 Å². The lowest BCUT2D eigenvalue weighted by molar-refractivity contribution is 0.0943. The number of halogens is 2. The number of rotatable bonds is 5. The molecule has 0 saturated carbocycles. The standard InChI is InChI=1S/C30H27F2N5O3/c1-33-17-19-15-20(31)16-23(27(19)32)21-5-4-6-22-28(21)34-18-24(29(22)36-9-12-39-13-10-36)30(38)35-37-11-14-40-26-8-3-2-7-25(26)37/h2-8,15-18H,9-14H2,1H3,(H,35,38)/b33-17-. The van der Waals surface area contributed by atoms with Crippen LogP contribution in [-0.4, -0.2) is 63.6 Å². The summed E-state index contributed by atoms with van der Waals surface area (Å²) in [6.07, 6.45) is 2.79. The van der Waals surface area contributed by atoms with Gasteiger partial charge in [-0.25, -0.2) is 8.78 Å². The highest BCUT2D eigenvalue weighted by Crippen LogP contribution is 2.37. The van der Waals surface area contributed by atoms with Gasteiger partial charge in [-0.3, -0.25) is 25.2 Å². The average molecular weight is 544 g/mol.